The SMILES string of the molecule is O=P(O)(CCc1ccccc1)[C@@H](NCc1ccccc1)c1ccc(Cl)cc1. The minimum absolute atomic E-state index is 0.214. The van der Waals surface area contributed by atoms with Crippen LogP contribution in [0.15, 0.2) is 84.9 Å². The van der Waals surface area contributed by atoms with Crippen LogP contribution in [0.25, 0.3) is 0 Å². The highest BCUT2D eigenvalue weighted by Crippen LogP contribution is 2.54. The first kappa shape index (κ1) is 19.9. The molecule has 3 aromatic carbocycles. The molecule has 2 N–H and O–H groups in total. The molecule has 0 saturated heterocycles. The zero-order valence-electron chi connectivity index (χ0n) is 15.0. The standard InChI is InChI=1S/C22H23ClNO2P/c23-21-13-11-20(12-14-21)22(24-17-19-9-5-2-6-10-19)27(25,26)16-15-18-7-3-1-4-8-18/h1-14,22,24H,15-17H2,(H,25,26)/t22-/m1/s1. The number of hydrogen-bond donors (Lipinski definition) is 2. The number of hydrogen-bond acceptors (Lipinski definition) is 2. The molecule has 0 amide bonds. The lowest BCUT2D eigenvalue weighted by Gasteiger charge is -2.25. The number of aryl methyl sites for hydroxylation is 1. The average Bonchev–Trinajstić information content (AvgIpc) is 2.69. The van der Waals surface area contributed by atoms with Crippen LogP contribution in [0.3, 0.4) is 0 Å². The minimum atomic E-state index is -3.50. The Morgan fingerprint density at radius 1 is 0.852 bits per heavy atom. The molecule has 0 aliphatic carbocycles. The van der Waals surface area contributed by atoms with Gasteiger partial charge >= 0.3 is 0 Å². The molecule has 0 bridgehead atoms. The zero-order chi connectivity index (χ0) is 19.1. The molecule has 0 spiro atoms. The molecule has 0 saturated carbocycles. The Morgan fingerprint density at radius 3 is 2.00 bits per heavy atom. The summed E-state index contributed by atoms with van der Waals surface area (Å²) in [5, 5.41) is 3.90. The van der Waals surface area contributed by atoms with Crippen LogP contribution >= 0.6 is 19.0 Å². The fraction of sp³-hybridized carbons (Fsp3) is 0.182. The Balaban J connectivity index is 1.78. The maximum Gasteiger partial charge on any atom is 0.221 e. The van der Waals surface area contributed by atoms with Crippen LogP contribution in [0.1, 0.15) is 22.5 Å². The Morgan fingerprint density at radius 2 is 1.41 bits per heavy atom. The third-order valence-corrected chi connectivity index (χ3v) is 6.90. The first-order chi connectivity index (χ1) is 13.0. The molecule has 3 rings (SSSR count). The van der Waals surface area contributed by atoms with Crippen LogP contribution < -0.4 is 5.32 Å². The Bertz CT molecular complexity index is 885. The fourth-order valence-corrected chi connectivity index (χ4v) is 4.99. The molecule has 0 radical (unpaired) electrons. The lowest BCUT2D eigenvalue weighted by molar-refractivity contribution is 0.447. The van der Waals surface area contributed by atoms with E-state index >= 15 is 0 Å². The predicted molar refractivity (Wildman–Crippen MR) is 112 cm³/mol. The van der Waals surface area contributed by atoms with Gasteiger partial charge in [0.15, 0.2) is 0 Å². The average molecular weight is 400 g/mol. The predicted octanol–water partition coefficient (Wildman–Crippen LogP) is 5.64. The van der Waals surface area contributed by atoms with Gasteiger partial charge in [0.05, 0.1) is 0 Å². The van der Waals surface area contributed by atoms with Crippen molar-refractivity contribution in [1.82, 2.24) is 5.32 Å². The van der Waals surface area contributed by atoms with Crippen LogP contribution in [-0.2, 0) is 17.5 Å². The van der Waals surface area contributed by atoms with Crippen LogP contribution in [-0.4, -0.2) is 11.1 Å². The maximum absolute atomic E-state index is 13.3. The second kappa shape index (κ2) is 9.34. The molecule has 0 aromatic heterocycles. The normalized spacial score (nSPS) is 14.4. The van der Waals surface area contributed by atoms with Crippen molar-refractivity contribution >= 4 is 19.0 Å². The van der Waals surface area contributed by atoms with Gasteiger partial charge in [0.2, 0.25) is 7.37 Å². The third kappa shape index (κ3) is 5.79. The van der Waals surface area contributed by atoms with E-state index < -0.39 is 13.2 Å². The van der Waals surface area contributed by atoms with Crippen molar-refractivity contribution < 1.29 is 9.46 Å². The quantitative estimate of drug-likeness (QED) is 0.482. The third-order valence-electron chi connectivity index (χ3n) is 4.50. The van der Waals surface area contributed by atoms with Crippen molar-refractivity contribution in [2.45, 2.75) is 18.7 Å². The first-order valence-electron chi connectivity index (χ1n) is 8.93. The summed E-state index contributed by atoms with van der Waals surface area (Å²) in [5.74, 6) is -0.640. The highest BCUT2D eigenvalue weighted by Gasteiger charge is 2.31. The van der Waals surface area contributed by atoms with E-state index in [0.717, 1.165) is 16.7 Å². The zero-order valence-corrected chi connectivity index (χ0v) is 16.6. The molecule has 0 heterocycles. The molecule has 1 unspecified atom stereocenters. The van der Waals surface area contributed by atoms with E-state index in [1.54, 1.807) is 12.1 Å². The molecule has 2 atom stereocenters. The van der Waals surface area contributed by atoms with Gasteiger partial charge in [-0.1, -0.05) is 84.4 Å². The fourth-order valence-electron chi connectivity index (χ4n) is 3.01. The summed E-state index contributed by atoms with van der Waals surface area (Å²) in [6.45, 7) is 0.518. The van der Waals surface area contributed by atoms with Crippen molar-refractivity contribution in [1.29, 1.82) is 0 Å². The summed E-state index contributed by atoms with van der Waals surface area (Å²) in [7, 11) is -3.50. The van der Waals surface area contributed by atoms with Crippen molar-refractivity contribution in [3.05, 3.63) is 107 Å². The van der Waals surface area contributed by atoms with Gasteiger partial charge in [-0.2, -0.15) is 0 Å². The first-order valence-corrected chi connectivity index (χ1v) is 11.2. The van der Waals surface area contributed by atoms with E-state index in [9.17, 15) is 9.46 Å². The van der Waals surface area contributed by atoms with E-state index in [1.165, 1.54) is 0 Å². The van der Waals surface area contributed by atoms with E-state index in [-0.39, 0.29) is 6.16 Å². The van der Waals surface area contributed by atoms with Crippen molar-refractivity contribution in [2.24, 2.45) is 0 Å². The highest BCUT2D eigenvalue weighted by molar-refractivity contribution is 7.58. The molecular formula is C22H23ClNO2P. The minimum Gasteiger partial charge on any atom is -0.343 e. The monoisotopic (exact) mass is 399 g/mol. The summed E-state index contributed by atoms with van der Waals surface area (Å²) in [4.78, 5) is 10.9. The Labute approximate surface area is 165 Å². The molecule has 0 aliphatic rings. The van der Waals surface area contributed by atoms with Crippen molar-refractivity contribution in [3.63, 3.8) is 0 Å². The number of nitrogens with one attached hydrogen (secondary N) is 1. The van der Waals surface area contributed by atoms with E-state index in [0.29, 0.717) is 18.0 Å². The lowest BCUT2D eigenvalue weighted by Crippen LogP contribution is -2.22. The summed E-state index contributed by atoms with van der Waals surface area (Å²) < 4.78 is 13.3. The van der Waals surface area contributed by atoms with Gasteiger partial charge in [0, 0.05) is 17.7 Å². The highest BCUT2D eigenvalue weighted by atomic mass is 35.5. The number of halogens is 1. The van der Waals surface area contributed by atoms with Gasteiger partial charge in [-0.3, -0.25) is 9.88 Å². The summed E-state index contributed by atoms with van der Waals surface area (Å²) in [6, 6.07) is 26.8. The molecule has 0 aliphatic heterocycles. The van der Waals surface area contributed by atoms with Gasteiger partial charge in [0.1, 0.15) is 5.78 Å². The van der Waals surface area contributed by atoms with Gasteiger partial charge in [0.25, 0.3) is 0 Å². The molecule has 27 heavy (non-hydrogen) atoms. The largest absolute Gasteiger partial charge is 0.343 e. The van der Waals surface area contributed by atoms with Gasteiger partial charge in [-0.15, -0.1) is 0 Å². The second-order valence-electron chi connectivity index (χ2n) is 6.54. The van der Waals surface area contributed by atoms with Crippen molar-refractivity contribution in [2.75, 3.05) is 6.16 Å². The summed E-state index contributed by atoms with van der Waals surface area (Å²) in [5.41, 5.74) is 2.90. The van der Waals surface area contributed by atoms with Crippen molar-refractivity contribution in [3.8, 4) is 0 Å². The Kier molecular flexibility index (Phi) is 6.87. The smallest absolute Gasteiger partial charge is 0.221 e. The molecule has 3 nitrogen and oxygen atoms in total. The number of benzene rings is 3. The molecule has 140 valence electrons. The van der Waals surface area contributed by atoms with Gasteiger partial charge in [-0.05, 0) is 35.2 Å². The van der Waals surface area contributed by atoms with E-state index in [2.05, 4.69) is 5.32 Å². The molecule has 5 heteroatoms. The molecule has 0 fully saturated rings. The van der Waals surface area contributed by atoms with E-state index in [4.69, 9.17) is 11.6 Å². The van der Waals surface area contributed by atoms with Gasteiger partial charge < -0.3 is 4.89 Å². The van der Waals surface area contributed by atoms with Crippen LogP contribution in [0.5, 0.6) is 0 Å². The molecular weight excluding hydrogens is 377 g/mol. The second-order valence-corrected chi connectivity index (χ2v) is 9.45. The maximum atomic E-state index is 13.3. The Hall–Kier alpha value is -1.90. The van der Waals surface area contributed by atoms with Gasteiger partial charge in [-0.25, -0.2) is 0 Å². The summed E-state index contributed by atoms with van der Waals surface area (Å²) in [6.07, 6.45) is 0.776. The van der Waals surface area contributed by atoms with Crippen LogP contribution in [0, 0.1) is 0 Å². The van der Waals surface area contributed by atoms with Crippen LogP contribution in [0.4, 0.5) is 0 Å². The summed E-state index contributed by atoms with van der Waals surface area (Å²) >= 11 is 5.99. The lowest BCUT2D eigenvalue weighted by atomic mass is 10.2. The van der Waals surface area contributed by atoms with Crippen LogP contribution in [0.2, 0.25) is 5.02 Å². The topological polar surface area (TPSA) is 49.3 Å². The number of rotatable bonds is 8. The molecule has 3 aromatic rings. The van der Waals surface area contributed by atoms with E-state index in [1.807, 2.05) is 72.8 Å².